The fraction of sp³-hybridized carbons (Fsp3) is 0.840. The molecular weight excluding hydrogens is 332 g/mol. The van der Waals surface area contributed by atoms with Crippen LogP contribution in [-0.2, 0) is 9.47 Å². The lowest BCUT2D eigenvalue weighted by molar-refractivity contribution is -0.0555. The number of fused-ring (bicyclic) bond motifs is 4. The van der Waals surface area contributed by atoms with Crippen LogP contribution in [0.4, 0.5) is 0 Å². The summed E-state index contributed by atoms with van der Waals surface area (Å²) in [5, 5.41) is 0. The van der Waals surface area contributed by atoms with Crippen LogP contribution in [0.25, 0.3) is 0 Å². The van der Waals surface area contributed by atoms with Gasteiger partial charge in [-0.1, -0.05) is 33.9 Å². The van der Waals surface area contributed by atoms with E-state index in [1.807, 2.05) is 0 Å². The van der Waals surface area contributed by atoms with Crippen LogP contribution in [0.1, 0.15) is 79.1 Å². The number of hydrogen-bond acceptors (Lipinski definition) is 2. The average molecular weight is 373 g/mol. The van der Waals surface area contributed by atoms with E-state index in [9.17, 15) is 0 Å². The van der Waals surface area contributed by atoms with Gasteiger partial charge in [-0.05, 0) is 87.4 Å². The van der Waals surface area contributed by atoms with Crippen LogP contribution >= 0.6 is 0 Å². The quantitative estimate of drug-likeness (QED) is 0.440. The van der Waals surface area contributed by atoms with E-state index in [2.05, 4.69) is 40.9 Å². The van der Waals surface area contributed by atoms with Gasteiger partial charge in [0.25, 0.3) is 0 Å². The Balaban J connectivity index is 1.27. The lowest BCUT2D eigenvalue weighted by Crippen LogP contribution is -2.37. The number of ether oxygens (including phenoxy) is 2. The summed E-state index contributed by atoms with van der Waals surface area (Å²) >= 11 is 0. The van der Waals surface area contributed by atoms with E-state index in [0.717, 1.165) is 59.9 Å². The van der Waals surface area contributed by atoms with Gasteiger partial charge in [-0.2, -0.15) is 0 Å². The molecule has 9 atom stereocenters. The first-order chi connectivity index (χ1) is 12.8. The third kappa shape index (κ3) is 3.36. The summed E-state index contributed by atoms with van der Waals surface area (Å²) in [4.78, 5) is 0. The molecule has 0 saturated heterocycles. The summed E-state index contributed by atoms with van der Waals surface area (Å²) in [6, 6.07) is 0. The molecule has 0 amide bonds. The predicted molar refractivity (Wildman–Crippen MR) is 111 cm³/mol. The molecule has 0 spiro atoms. The van der Waals surface area contributed by atoms with E-state index in [1.54, 1.807) is 0 Å². The van der Waals surface area contributed by atoms with E-state index in [-0.39, 0.29) is 11.7 Å². The molecule has 0 aromatic heterocycles. The summed E-state index contributed by atoms with van der Waals surface area (Å²) < 4.78 is 12.8. The van der Waals surface area contributed by atoms with Crippen LogP contribution in [0.2, 0.25) is 0 Å². The van der Waals surface area contributed by atoms with Crippen molar-refractivity contribution < 1.29 is 9.47 Å². The van der Waals surface area contributed by atoms with Gasteiger partial charge in [0.05, 0.1) is 11.5 Å². The Bertz CT molecular complexity index is 593. The smallest absolute Gasteiger partial charge is 0.111 e. The van der Waals surface area contributed by atoms with Crippen LogP contribution in [-0.4, -0.2) is 11.7 Å². The molecule has 0 aromatic carbocycles. The van der Waals surface area contributed by atoms with Crippen molar-refractivity contribution in [2.75, 3.05) is 0 Å². The van der Waals surface area contributed by atoms with E-state index >= 15 is 0 Å². The zero-order valence-electron chi connectivity index (χ0n) is 18.0. The molecule has 2 nitrogen and oxygen atoms in total. The monoisotopic (exact) mass is 372 g/mol. The Morgan fingerprint density at radius 3 is 2.44 bits per heavy atom. The highest BCUT2D eigenvalue weighted by molar-refractivity contribution is 5.08. The van der Waals surface area contributed by atoms with E-state index in [1.165, 1.54) is 38.5 Å². The first-order valence-corrected chi connectivity index (χ1v) is 11.5. The molecule has 0 aromatic rings. The van der Waals surface area contributed by atoms with Gasteiger partial charge in [-0.25, -0.2) is 0 Å². The van der Waals surface area contributed by atoms with Crippen LogP contribution in [0.3, 0.4) is 0 Å². The highest BCUT2D eigenvalue weighted by Gasteiger charge is 2.52. The van der Waals surface area contributed by atoms with Gasteiger partial charge >= 0.3 is 0 Å². The van der Waals surface area contributed by atoms with Gasteiger partial charge < -0.3 is 9.47 Å². The number of allylic oxidation sites excluding steroid dienone is 1. The van der Waals surface area contributed by atoms with Gasteiger partial charge in [-0.3, -0.25) is 0 Å². The summed E-state index contributed by atoms with van der Waals surface area (Å²) in [6.45, 7) is 17.9. The maximum atomic E-state index is 6.54. The summed E-state index contributed by atoms with van der Waals surface area (Å²) in [5.74, 6) is 7.47. The molecule has 0 radical (unpaired) electrons. The van der Waals surface area contributed by atoms with E-state index in [0.29, 0.717) is 5.92 Å². The van der Waals surface area contributed by atoms with Crippen LogP contribution in [0.5, 0.6) is 0 Å². The molecule has 4 aliphatic rings. The van der Waals surface area contributed by atoms with Crippen LogP contribution in [0.15, 0.2) is 24.7 Å². The second-order valence-corrected chi connectivity index (χ2v) is 10.5. The van der Waals surface area contributed by atoms with E-state index in [4.69, 9.17) is 9.47 Å². The molecular formula is C25H40O2. The maximum absolute atomic E-state index is 6.54. The fourth-order valence-electron chi connectivity index (χ4n) is 7.37. The molecule has 0 N–H and O–H groups in total. The highest BCUT2D eigenvalue weighted by atomic mass is 16.5. The Labute approximate surface area is 166 Å². The zero-order chi connectivity index (χ0) is 19.3. The average Bonchev–Trinajstić information content (AvgIpc) is 3.37. The molecule has 0 heterocycles. The Kier molecular flexibility index (Phi) is 5.14. The first kappa shape index (κ1) is 19.4. The van der Waals surface area contributed by atoms with Crippen molar-refractivity contribution in [2.45, 2.75) is 90.8 Å². The minimum absolute atomic E-state index is 0.0624. The molecule has 27 heavy (non-hydrogen) atoms. The molecule has 4 aliphatic carbocycles. The minimum Gasteiger partial charge on any atom is -0.495 e. The second kappa shape index (κ2) is 7.16. The molecule has 152 valence electrons. The van der Waals surface area contributed by atoms with Gasteiger partial charge in [0.2, 0.25) is 0 Å². The summed E-state index contributed by atoms with van der Waals surface area (Å²) in [7, 11) is 0. The summed E-state index contributed by atoms with van der Waals surface area (Å²) in [5.41, 5.74) is 0.0624. The van der Waals surface area contributed by atoms with Crippen LogP contribution in [0, 0.1) is 41.4 Å². The number of hydrogen-bond donors (Lipinski definition) is 0. The molecule has 4 bridgehead atoms. The lowest BCUT2D eigenvalue weighted by Gasteiger charge is -2.39. The summed E-state index contributed by atoms with van der Waals surface area (Å²) in [6.07, 6.45) is 9.99. The third-order valence-electron chi connectivity index (χ3n) is 9.04. The van der Waals surface area contributed by atoms with Gasteiger partial charge in [0.15, 0.2) is 0 Å². The van der Waals surface area contributed by atoms with Crippen molar-refractivity contribution in [1.82, 2.24) is 0 Å². The number of rotatable bonds is 8. The highest BCUT2D eigenvalue weighted by Crippen LogP contribution is 2.57. The lowest BCUT2D eigenvalue weighted by atomic mass is 9.75. The zero-order valence-corrected chi connectivity index (χ0v) is 18.0. The van der Waals surface area contributed by atoms with Gasteiger partial charge in [0, 0.05) is 12.3 Å². The largest absolute Gasteiger partial charge is 0.495 e. The first-order valence-electron chi connectivity index (χ1n) is 11.5. The standard InChI is InChI=1S/C25H40O2/c1-7-25(14-20-8-9-22(25)11-20)27-16(3)10-15(2)26-19(6)24-13-21-12-23(24)18(5)17(21)4/h15,17-18,20-24H,3,6-14H2,1-2,4-5H3. The Morgan fingerprint density at radius 1 is 1.11 bits per heavy atom. The molecule has 4 saturated carbocycles. The van der Waals surface area contributed by atoms with Crippen molar-refractivity contribution in [3.05, 3.63) is 24.7 Å². The Hall–Kier alpha value is -0.920. The molecule has 0 aliphatic heterocycles. The van der Waals surface area contributed by atoms with E-state index < -0.39 is 0 Å². The normalized spacial score (nSPS) is 45.9. The van der Waals surface area contributed by atoms with Crippen molar-refractivity contribution >= 4 is 0 Å². The molecule has 4 fully saturated rings. The predicted octanol–water partition coefficient (Wildman–Crippen LogP) is 6.72. The van der Waals surface area contributed by atoms with Crippen molar-refractivity contribution in [3.63, 3.8) is 0 Å². The van der Waals surface area contributed by atoms with Crippen molar-refractivity contribution in [2.24, 2.45) is 41.4 Å². The second-order valence-electron chi connectivity index (χ2n) is 10.5. The molecule has 4 rings (SSSR count). The molecule has 2 heteroatoms. The van der Waals surface area contributed by atoms with Crippen molar-refractivity contribution in [1.29, 1.82) is 0 Å². The van der Waals surface area contributed by atoms with Gasteiger partial charge in [0.1, 0.15) is 11.7 Å². The maximum Gasteiger partial charge on any atom is 0.111 e. The third-order valence-corrected chi connectivity index (χ3v) is 9.04. The Morgan fingerprint density at radius 2 is 1.89 bits per heavy atom. The minimum atomic E-state index is 0.0624. The topological polar surface area (TPSA) is 18.5 Å². The van der Waals surface area contributed by atoms with Gasteiger partial charge in [-0.15, -0.1) is 0 Å². The fourth-order valence-corrected chi connectivity index (χ4v) is 7.37. The SMILES string of the molecule is C=C(CC(C)OC(=C)C1CC2CC1C(C)C2C)OC1(CC)CC2CCC1C2. The van der Waals surface area contributed by atoms with Crippen LogP contribution < -0.4 is 0 Å². The molecule has 9 unspecified atom stereocenters. The van der Waals surface area contributed by atoms with Crippen molar-refractivity contribution in [3.8, 4) is 0 Å².